The number of unbranched alkanes of at least 4 members (excludes halogenated alkanes) is 1. The van der Waals surface area contributed by atoms with E-state index in [1.807, 2.05) is 0 Å². The summed E-state index contributed by atoms with van der Waals surface area (Å²) < 4.78 is 0. The summed E-state index contributed by atoms with van der Waals surface area (Å²) in [7, 11) is 2.07. The molecule has 0 bridgehead atoms. The Labute approximate surface area is 114 Å². The van der Waals surface area contributed by atoms with E-state index < -0.39 is 0 Å². The molecule has 2 aliphatic rings. The van der Waals surface area contributed by atoms with Gasteiger partial charge in [0.2, 0.25) is 0 Å². The van der Waals surface area contributed by atoms with Gasteiger partial charge in [0.15, 0.2) is 0 Å². The van der Waals surface area contributed by atoms with Crippen molar-refractivity contribution in [1.82, 2.24) is 10.2 Å². The molecule has 0 aromatic rings. The minimum Gasteiger partial charge on any atom is -0.317 e. The quantitative estimate of drug-likeness (QED) is 0.729. The van der Waals surface area contributed by atoms with E-state index in [4.69, 9.17) is 0 Å². The number of hydrogen-bond acceptors (Lipinski definition) is 2. The van der Waals surface area contributed by atoms with Crippen LogP contribution in [0.15, 0.2) is 0 Å². The lowest BCUT2D eigenvalue weighted by atomic mass is 9.73. The monoisotopic (exact) mass is 252 g/mol. The zero-order valence-electron chi connectivity index (χ0n) is 12.5. The molecule has 2 fully saturated rings. The fraction of sp³-hybridized carbons (Fsp3) is 1.00. The second kappa shape index (κ2) is 6.91. The largest absolute Gasteiger partial charge is 0.317 e. The van der Waals surface area contributed by atoms with Crippen LogP contribution in [0, 0.1) is 5.41 Å². The van der Waals surface area contributed by atoms with Gasteiger partial charge in [0.05, 0.1) is 0 Å². The van der Waals surface area contributed by atoms with Gasteiger partial charge in [-0.25, -0.2) is 0 Å². The van der Waals surface area contributed by atoms with Gasteiger partial charge in [0.25, 0.3) is 0 Å². The highest BCUT2D eigenvalue weighted by atomic mass is 15.2. The molecule has 1 saturated heterocycles. The molecule has 1 unspecified atom stereocenters. The number of nitrogens with one attached hydrogen (secondary N) is 1. The molecule has 0 amide bonds. The Bertz CT molecular complexity index is 233. The third kappa shape index (κ3) is 3.96. The maximum absolute atomic E-state index is 3.33. The molecule has 1 heterocycles. The summed E-state index contributed by atoms with van der Waals surface area (Å²) in [5, 5.41) is 3.33. The molecule has 1 saturated carbocycles. The first-order chi connectivity index (χ1) is 8.74. The van der Waals surface area contributed by atoms with Gasteiger partial charge in [-0.1, -0.05) is 25.7 Å². The average molecular weight is 252 g/mol. The zero-order chi connectivity index (χ0) is 12.8. The SMILES string of the molecule is CNC(C)CCCCN1CCC2(CCCCC2)C1. The first kappa shape index (κ1) is 14.3. The predicted octanol–water partition coefficient (Wildman–Crippen LogP) is 3.42. The van der Waals surface area contributed by atoms with Gasteiger partial charge in [0, 0.05) is 12.6 Å². The summed E-state index contributed by atoms with van der Waals surface area (Å²) in [4.78, 5) is 2.75. The number of rotatable bonds is 6. The fourth-order valence-electron chi connectivity index (χ4n) is 3.86. The lowest BCUT2D eigenvalue weighted by Crippen LogP contribution is -2.30. The summed E-state index contributed by atoms with van der Waals surface area (Å²) in [5.41, 5.74) is 0.747. The highest BCUT2D eigenvalue weighted by Crippen LogP contribution is 2.43. The molecule has 1 aliphatic carbocycles. The summed E-state index contributed by atoms with van der Waals surface area (Å²) >= 11 is 0. The van der Waals surface area contributed by atoms with E-state index in [0.717, 1.165) is 5.41 Å². The first-order valence-corrected chi connectivity index (χ1v) is 8.14. The van der Waals surface area contributed by atoms with Crippen LogP contribution in [0.1, 0.15) is 64.7 Å². The second-order valence-corrected chi connectivity index (χ2v) is 6.77. The van der Waals surface area contributed by atoms with Crippen molar-refractivity contribution in [3.8, 4) is 0 Å². The van der Waals surface area contributed by atoms with Gasteiger partial charge in [-0.05, 0) is 64.6 Å². The molecule has 0 aromatic carbocycles. The van der Waals surface area contributed by atoms with Gasteiger partial charge < -0.3 is 10.2 Å². The second-order valence-electron chi connectivity index (χ2n) is 6.77. The van der Waals surface area contributed by atoms with E-state index in [2.05, 4.69) is 24.2 Å². The Morgan fingerprint density at radius 3 is 2.61 bits per heavy atom. The molecule has 2 rings (SSSR count). The van der Waals surface area contributed by atoms with Crippen LogP contribution in [0.25, 0.3) is 0 Å². The minimum absolute atomic E-state index is 0.688. The third-order valence-corrected chi connectivity index (χ3v) is 5.29. The topological polar surface area (TPSA) is 15.3 Å². The van der Waals surface area contributed by atoms with Crippen LogP contribution < -0.4 is 5.32 Å². The van der Waals surface area contributed by atoms with Gasteiger partial charge in [-0.15, -0.1) is 0 Å². The Morgan fingerprint density at radius 1 is 1.11 bits per heavy atom. The minimum atomic E-state index is 0.688. The molecule has 1 atom stereocenters. The predicted molar refractivity (Wildman–Crippen MR) is 78.9 cm³/mol. The van der Waals surface area contributed by atoms with Crippen LogP contribution in [-0.2, 0) is 0 Å². The van der Waals surface area contributed by atoms with Crippen molar-refractivity contribution >= 4 is 0 Å². The molecule has 0 radical (unpaired) electrons. The van der Waals surface area contributed by atoms with E-state index in [1.165, 1.54) is 77.4 Å². The standard InChI is InChI=1S/C16H32N2/c1-15(17-2)8-4-7-12-18-13-11-16(14-18)9-5-3-6-10-16/h15,17H,3-14H2,1-2H3. The van der Waals surface area contributed by atoms with E-state index in [0.29, 0.717) is 6.04 Å². The highest BCUT2D eigenvalue weighted by Gasteiger charge is 2.38. The summed E-state index contributed by atoms with van der Waals surface area (Å²) in [5.74, 6) is 0. The fourth-order valence-corrected chi connectivity index (χ4v) is 3.86. The van der Waals surface area contributed by atoms with Crippen molar-refractivity contribution < 1.29 is 0 Å². The van der Waals surface area contributed by atoms with Crippen LogP contribution in [0.2, 0.25) is 0 Å². The molecule has 0 aromatic heterocycles. The molecule has 2 nitrogen and oxygen atoms in total. The molecule has 1 aliphatic heterocycles. The van der Waals surface area contributed by atoms with Crippen LogP contribution in [0.3, 0.4) is 0 Å². The lowest BCUT2D eigenvalue weighted by molar-refractivity contribution is 0.185. The van der Waals surface area contributed by atoms with E-state index in [-0.39, 0.29) is 0 Å². The Hall–Kier alpha value is -0.0800. The maximum atomic E-state index is 3.33. The van der Waals surface area contributed by atoms with E-state index in [9.17, 15) is 0 Å². The molecule has 18 heavy (non-hydrogen) atoms. The normalized spacial score (nSPS) is 25.7. The van der Waals surface area contributed by atoms with Gasteiger partial charge >= 0.3 is 0 Å². The van der Waals surface area contributed by atoms with Crippen molar-refractivity contribution in [2.24, 2.45) is 5.41 Å². The van der Waals surface area contributed by atoms with Crippen LogP contribution in [0.4, 0.5) is 0 Å². The molecule has 2 heteroatoms. The van der Waals surface area contributed by atoms with Crippen molar-refractivity contribution in [2.75, 3.05) is 26.7 Å². The van der Waals surface area contributed by atoms with Crippen molar-refractivity contribution in [3.05, 3.63) is 0 Å². The number of likely N-dealkylation sites (tertiary alicyclic amines) is 1. The summed E-state index contributed by atoms with van der Waals surface area (Å²) in [6.07, 6.45) is 13.1. The van der Waals surface area contributed by atoms with Crippen molar-refractivity contribution in [2.45, 2.75) is 70.8 Å². The maximum Gasteiger partial charge on any atom is 0.00384 e. The average Bonchev–Trinajstić information content (AvgIpc) is 2.78. The van der Waals surface area contributed by atoms with Crippen LogP contribution in [-0.4, -0.2) is 37.6 Å². The van der Waals surface area contributed by atoms with E-state index in [1.54, 1.807) is 0 Å². The van der Waals surface area contributed by atoms with Gasteiger partial charge in [0.1, 0.15) is 0 Å². The molecule has 106 valence electrons. The summed E-state index contributed by atoms with van der Waals surface area (Å²) in [6, 6.07) is 0.688. The Morgan fingerprint density at radius 2 is 1.89 bits per heavy atom. The van der Waals surface area contributed by atoms with Gasteiger partial charge in [-0.3, -0.25) is 0 Å². The number of hydrogen-bond donors (Lipinski definition) is 1. The molecular weight excluding hydrogens is 220 g/mol. The van der Waals surface area contributed by atoms with Gasteiger partial charge in [-0.2, -0.15) is 0 Å². The first-order valence-electron chi connectivity index (χ1n) is 8.14. The van der Waals surface area contributed by atoms with E-state index >= 15 is 0 Å². The van der Waals surface area contributed by atoms with Crippen LogP contribution >= 0.6 is 0 Å². The van der Waals surface area contributed by atoms with Crippen LogP contribution in [0.5, 0.6) is 0 Å². The van der Waals surface area contributed by atoms with Crippen molar-refractivity contribution in [1.29, 1.82) is 0 Å². The Balaban J connectivity index is 1.61. The lowest BCUT2D eigenvalue weighted by Gasteiger charge is -2.33. The third-order valence-electron chi connectivity index (χ3n) is 5.29. The zero-order valence-corrected chi connectivity index (χ0v) is 12.5. The highest BCUT2D eigenvalue weighted by molar-refractivity contribution is 4.91. The van der Waals surface area contributed by atoms with Crippen molar-refractivity contribution in [3.63, 3.8) is 0 Å². The summed E-state index contributed by atoms with van der Waals surface area (Å²) in [6.45, 7) is 6.42. The Kier molecular flexibility index (Phi) is 5.50. The molecule has 1 N–H and O–H groups in total. The molecule has 1 spiro atoms. The molecular formula is C16H32N2. The smallest absolute Gasteiger partial charge is 0.00384 e. The number of nitrogens with zero attached hydrogens (tertiary/aromatic N) is 1.